The van der Waals surface area contributed by atoms with Crippen LogP contribution in [0.1, 0.15) is 32.6 Å². The molecular weight excluding hydrogens is 292 g/mol. The molecule has 5 nitrogen and oxygen atoms in total. The zero-order chi connectivity index (χ0) is 16.4. The minimum Gasteiger partial charge on any atom is -0.497 e. The van der Waals surface area contributed by atoms with Crippen molar-refractivity contribution in [3.8, 4) is 17.1 Å². The summed E-state index contributed by atoms with van der Waals surface area (Å²) in [6.45, 7) is 5.34. The Hall–Kier alpha value is -1.85. The molecule has 2 heterocycles. The van der Waals surface area contributed by atoms with Crippen molar-refractivity contribution in [3.05, 3.63) is 36.4 Å². The highest BCUT2D eigenvalue weighted by Crippen LogP contribution is 2.29. The van der Waals surface area contributed by atoms with Gasteiger partial charge in [0.05, 0.1) is 25.5 Å². The van der Waals surface area contributed by atoms with Gasteiger partial charge in [-0.25, -0.2) is 4.98 Å². The van der Waals surface area contributed by atoms with Crippen molar-refractivity contribution in [2.75, 3.05) is 13.7 Å². The van der Waals surface area contributed by atoms with E-state index in [1.54, 1.807) is 13.3 Å². The SMILES string of the molecule is COc1ccc(-c2cnc(CN3CCCC3C(C)(C)O)o2)cc1. The fraction of sp³-hybridized carbons (Fsp3) is 0.500. The average Bonchev–Trinajstić information content (AvgIpc) is 3.17. The highest BCUT2D eigenvalue weighted by atomic mass is 16.5. The summed E-state index contributed by atoms with van der Waals surface area (Å²) >= 11 is 0. The molecule has 0 aliphatic carbocycles. The van der Waals surface area contributed by atoms with Crippen LogP contribution in [0.25, 0.3) is 11.3 Å². The number of oxazole rings is 1. The average molecular weight is 316 g/mol. The summed E-state index contributed by atoms with van der Waals surface area (Å²) in [5.41, 5.74) is 0.270. The van der Waals surface area contributed by atoms with Gasteiger partial charge in [-0.1, -0.05) is 0 Å². The first-order valence-electron chi connectivity index (χ1n) is 8.03. The smallest absolute Gasteiger partial charge is 0.209 e. The summed E-state index contributed by atoms with van der Waals surface area (Å²) in [7, 11) is 1.65. The van der Waals surface area contributed by atoms with Crippen molar-refractivity contribution in [3.63, 3.8) is 0 Å². The second kappa shape index (κ2) is 6.34. The standard InChI is InChI=1S/C18H24N2O3/c1-18(2,21)16-5-4-10-20(16)12-17-19-11-15(23-17)13-6-8-14(22-3)9-7-13/h6-9,11,16,21H,4-5,10,12H2,1-3H3. The molecule has 1 saturated heterocycles. The number of nitrogens with zero attached hydrogens (tertiary/aromatic N) is 2. The van der Waals surface area contributed by atoms with Crippen LogP contribution in [-0.2, 0) is 6.54 Å². The normalized spacial score (nSPS) is 19.2. The maximum Gasteiger partial charge on any atom is 0.209 e. The van der Waals surface area contributed by atoms with Crippen LogP contribution in [-0.4, -0.2) is 40.3 Å². The fourth-order valence-electron chi connectivity index (χ4n) is 3.26. The molecule has 1 unspecified atom stereocenters. The Morgan fingerprint density at radius 3 is 2.74 bits per heavy atom. The second-order valence-corrected chi connectivity index (χ2v) is 6.63. The molecule has 1 N–H and O–H groups in total. The van der Waals surface area contributed by atoms with Gasteiger partial charge < -0.3 is 14.3 Å². The van der Waals surface area contributed by atoms with Crippen LogP contribution < -0.4 is 4.74 Å². The number of aliphatic hydroxyl groups is 1. The third-order valence-corrected chi connectivity index (χ3v) is 4.45. The summed E-state index contributed by atoms with van der Waals surface area (Å²) in [4.78, 5) is 6.65. The van der Waals surface area contributed by atoms with Gasteiger partial charge in [0.25, 0.3) is 0 Å². The molecule has 1 aromatic carbocycles. The highest BCUT2D eigenvalue weighted by molar-refractivity contribution is 5.57. The zero-order valence-electron chi connectivity index (χ0n) is 14.0. The molecule has 3 rings (SSSR count). The first-order chi connectivity index (χ1) is 11.0. The summed E-state index contributed by atoms with van der Waals surface area (Å²) < 4.78 is 11.1. The van der Waals surface area contributed by atoms with E-state index in [0.717, 1.165) is 36.5 Å². The third kappa shape index (κ3) is 3.57. The van der Waals surface area contributed by atoms with E-state index in [1.165, 1.54) is 0 Å². The van der Waals surface area contributed by atoms with E-state index in [2.05, 4.69) is 9.88 Å². The topological polar surface area (TPSA) is 58.7 Å². The Labute approximate surface area is 136 Å². The van der Waals surface area contributed by atoms with Crippen LogP contribution in [0.4, 0.5) is 0 Å². The predicted molar refractivity (Wildman–Crippen MR) is 88.2 cm³/mol. The highest BCUT2D eigenvalue weighted by Gasteiger charge is 2.36. The van der Waals surface area contributed by atoms with Gasteiger partial charge >= 0.3 is 0 Å². The lowest BCUT2D eigenvalue weighted by Gasteiger charge is -2.33. The number of rotatable bonds is 5. The lowest BCUT2D eigenvalue weighted by Crippen LogP contribution is -2.45. The van der Waals surface area contributed by atoms with E-state index in [1.807, 2.05) is 38.1 Å². The molecule has 1 aliphatic rings. The molecule has 1 fully saturated rings. The Kier molecular flexibility index (Phi) is 4.41. The Bertz CT molecular complexity index is 643. The van der Waals surface area contributed by atoms with Crippen LogP contribution in [0.2, 0.25) is 0 Å². The van der Waals surface area contributed by atoms with E-state index in [0.29, 0.717) is 12.4 Å². The summed E-state index contributed by atoms with van der Waals surface area (Å²) in [5, 5.41) is 10.3. The Balaban J connectivity index is 1.71. The number of benzene rings is 1. The molecule has 5 heteroatoms. The van der Waals surface area contributed by atoms with Crippen LogP contribution in [0.3, 0.4) is 0 Å². The minimum atomic E-state index is -0.706. The molecule has 124 valence electrons. The van der Waals surface area contributed by atoms with E-state index in [4.69, 9.17) is 9.15 Å². The quantitative estimate of drug-likeness (QED) is 0.918. The van der Waals surface area contributed by atoms with Crippen molar-refractivity contribution in [1.29, 1.82) is 0 Å². The number of aromatic nitrogens is 1. The Morgan fingerprint density at radius 2 is 2.09 bits per heavy atom. The number of hydrogen-bond acceptors (Lipinski definition) is 5. The molecule has 0 saturated carbocycles. The molecule has 2 aromatic rings. The van der Waals surface area contributed by atoms with Crippen molar-refractivity contribution in [2.45, 2.75) is 44.9 Å². The van der Waals surface area contributed by atoms with Crippen molar-refractivity contribution < 1.29 is 14.3 Å². The monoisotopic (exact) mass is 316 g/mol. The van der Waals surface area contributed by atoms with Gasteiger partial charge in [0.15, 0.2) is 5.76 Å². The number of hydrogen-bond donors (Lipinski definition) is 1. The molecule has 0 amide bonds. The zero-order valence-corrected chi connectivity index (χ0v) is 14.0. The van der Waals surface area contributed by atoms with Crippen molar-refractivity contribution >= 4 is 0 Å². The Morgan fingerprint density at radius 1 is 1.35 bits per heavy atom. The molecule has 23 heavy (non-hydrogen) atoms. The minimum absolute atomic E-state index is 0.152. The predicted octanol–water partition coefficient (Wildman–Crippen LogP) is 3.09. The largest absolute Gasteiger partial charge is 0.497 e. The number of ether oxygens (including phenoxy) is 1. The maximum atomic E-state index is 10.3. The number of likely N-dealkylation sites (tertiary alicyclic amines) is 1. The summed E-state index contributed by atoms with van der Waals surface area (Å²) in [6, 6.07) is 7.88. The molecule has 1 aliphatic heterocycles. The van der Waals surface area contributed by atoms with Gasteiger partial charge in [-0.05, 0) is 57.5 Å². The van der Waals surface area contributed by atoms with Crippen LogP contribution in [0.15, 0.2) is 34.9 Å². The van der Waals surface area contributed by atoms with E-state index in [-0.39, 0.29) is 6.04 Å². The van der Waals surface area contributed by atoms with Gasteiger partial charge in [-0.15, -0.1) is 0 Å². The summed E-state index contributed by atoms with van der Waals surface area (Å²) in [5.74, 6) is 2.26. The van der Waals surface area contributed by atoms with Gasteiger partial charge in [-0.2, -0.15) is 0 Å². The van der Waals surface area contributed by atoms with Crippen molar-refractivity contribution in [2.24, 2.45) is 0 Å². The molecule has 0 spiro atoms. The molecular formula is C18H24N2O3. The van der Waals surface area contributed by atoms with E-state index >= 15 is 0 Å². The first-order valence-corrected chi connectivity index (χ1v) is 8.03. The fourth-order valence-corrected chi connectivity index (χ4v) is 3.26. The second-order valence-electron chi connectivity index (χ2n) is 6.63. The van der Waals surface area contributed by atoms with E-state index < -0.39 is 5.60 Å². The van der Waals surface area contributed by atoms with Crippen molar-refractivity contribution in [1.82, 2.24) is 9.88 Å². The first kappa shape index (κ1) is 16.0. The van der Waals surface area contributed by atoms with Gasteiger partial charge in [-0.3, -0.25) is 4.90 Å². The molecule has 1 atom stereocenters. The lowest BCUT2D eigenvalue weighted by atomic mass is 9.97. The van der Waals surface area contributed by atoms with Crippen LogP contribution >= 0.6 is 0 Å². The number of methoxy groups -OCH3 is 1. The van der Waals surface area contributed by atoms with E-state index in [9.17, 15) is 5.11 Å². The third-order valence-electron chi connectivity index (χ3n) is 4.45. The van der Waals surface area contributed by atoms with Crippen LogP contribution in [0.5, 0.6) is 5.75 Å². The van der Waals surface area contributed by atoms with Gasteiger partial charge in [0.1, 0.15) is 5.75 Å². The molecule has 0 bridgehead atoms. The maximum absolute atomic E-state index is 10.3. The summed E-state index contributed by atoms with van der Waals surface area (Å²) in [6.07, 6.45) is 3.86. The lowest BCUT2D eigenvalue weighted by molar-refractivity contribution is -0.00721. The molecule has 1 aromatic heterocycles. The van der Waals surface area contributed by atoms with Gasteiger partial charge in [0, 0.05) is 11.6 Å². The molecule has 0 radical (unpaired) electrons. The van der Waals surface area contributed by atoms with Gasteiger partial charge in [0.2, 0.25) is 5.89 Å². The van der Waals surface area contributed by atoms with Crippen LogP contribution in [0, 0.1) is 0 Å².